The second-order valence-corrected chi connectivity index (χ2v) is 8.34. The largest absolute Gasteiger partial charge is 0.456 e. The van der Waals surface area contributed by atoms with Crippen molar-refractivity contribution in [2.24, 2.45) is 0 Å². The summed E-state index contributed by atoms with van der Waals surface area (Å²) < 4.78 is 15.1. The topological polar surface area (TPSA) is 30.2 Å². The molecule has 0 fully saturated rings. The van der Waals surface area contributed by atoms with Gasteiger partial charge < -0.3 is 8.83 Å². The molecule has 34 heavy (non-hydrogen) atoms. The molecule has 0 unspecified atom stereocenters. The van der Waals surface area contributed by atoms with Crippen LogP contribution in [0.25, 0.3) is 71.7 Å². The van der Waals surface area contributed by atoms with E-state index < -0.39 is 0 Å². The van der Waals surface area contributed by atoms with Gasteiger partial charge in [0.15, 0.2) is 0 Å². The summed E-state index contributed by atoms with van der Waals surface area (Å²) in [6.45, 7) is 4.00. The summed E-state index contributed by atoms with van der Waals surface area (Å²) >= 11 is 0. The summed E-state index contributed by atoms with van der Waals surface area (Å²) in [6.07, 6.45) is 0. The normalized spacial score (nSPS) is 11.8. The van der Waals surface area contributed by atoms with Crippen LogP contribution in [0.15, 0.2) is 106 Å². The molecule has 0 amide bonds. The summed E-state index contributed by atoms with van der Waals surface area (Å²) in [6, 6.07) is 33.7. The first kappa shape index (κ1) is 19.1. The fraction of sp³-hybridized carbons (Fsp3) is 0.0645. The smallest absolute Gasteiger partial charge is 0.223 e. The molecular formula is C31H22NO2+. The Hall–Kier alpha value is -4.37. The maximum Gasteiger partial charge on any atom is 0.223 e. The van der Waals surface area contributed by atoms with Crippen LogP contribution in [0.4, 0.5) is 0 Å². The van der Waals surface area contributed by atoms with Gasteiger partial charge in [-0.3, -0.25) is 0 Å². The molecule has 6 aromatic rings. The average molecular weight is 441 g/mol. The number of aromatic nitrogens is 1. The molecule has 162 valence electrons. The number of pyridine rings is 1. The third kappa shape index (κ3) is 2.39. The van der Waals surface area contributed by atoms with Gasteiger partial charge in [0.25, 0.3) is 0 Å². The van der Waals surface area contributed by atoms with Crippen molar-refractivity contribution in [1.29, 1.82) is 0 Å². The average Bonchev–Trinajstić information content (AvgIpc) is 2.90. The highest BCUT2D eigenvalue weighted by molar-refractivity contribution is 6.22. The molecule has 8 rings (SSSR count). The lowest BCUT2D eigenvalue weighted by atomic mass is 9.92. The van der Waals surface area contributed by atoms with E-state index in [-0.39, 0.29) is 0 Å². The number of benzene rings is 5. The standard InChI is InChI=1S/C29H16NO2.C2H6/c1-2-9-18-17(7-1)8-3-10-19(18)30-20-11-4-13-22-26(20)29-27-21(30)12-5-14-23(27)32-25-16-6-15-24(31-22)28(25)29;1-2/h1-16H;1-2H3/q+1;. The Labute approximate surface area is 196 Å². The molecule has 0 spiro atoms. The Balaban J connectivity index is 0.000000977. The minimum Gasteiger partial charge on any atom is -0.456 e. The SMILES string of the molecule is CC.c1cc2oc3cccc4c3c3c5c(cccc5[n+]4-c4cccc5ccccc45)oc(c1)c2-3. The molecule has 3 heteroatoms. The number of hydrogen-bond donors (Lipinski definition) is 0. The predicted octanol–water partition coefficient (Wildman–Crippen LogP) is 8.48. The van der Waals surface area contributed by atoms with E-state index in [1.165, 1.54) is 16.3 Å². The number of fused-ring (bicyclic) bond motifs is 1. The van der Waals surface area contributed by atoms with Crippen LogP contribution in [0.3, 0.4) is 0 Å². The Morgan fingerprint density at radius 2 is 1.03 bits per heavy atom. The zero-order chi connectivity index (χ0) is 22.8. The maximum atomic E-state index is 6.39. The van der Waals surface area contributed by atoms with Gasteiger partial charge in [-0.1, -0.05) is 62.4 Å². The lowest BCUT2D eigenvalue weighted by Gasteiger charge is -2.19. The third-order valence-electron chi connectivity index (χ3n) is 6.68. The quantitative estimate of drug-likeness (QED) is 0.145. The number of hydrogen-bond acceptors (Lipinski definition) is 2. The van der Waals surface area contributed by atoms with Crippen molar-refractivity contribution in [2.75, 3.05) is 0 Å². The van der Waals surface area contributed by atoms with Crippen molar-refractivity contribution in [1.82, 2.24) is 0 Å². The first-order valence-electron chi connectivity index (χ1n) is 11.8. The second kappa shape index (κ2) is 7.06. The monoisotopic (exact) mass is 440 g/mol. The van der Waals surface area contributed by atoms with Crippen LogP contribution in [-0.4, -0.2) is 0 Å². The van der Waals surface area contributed by atoms with Crippen LogP contribution in [0.2, 0.25) is 0 Å². The van der Waals surface area contributed by atoms with Gasteiger partial charge in [-0.25, -0.2) is 0 Å². The Morgan fingerprint density at radius 3 is 1.71 bits per heavy atom. The summed E-state index contributed by atoms with van der Waals surface area (Å²) in [4.78, 5) is 0. The van der Waals surface area contributed by atoms with Crippen LogP contribution in [-0.2, 0) is 0 Å². The van der Waals surface area contributed by atoms with E-state index in [4.69, 9.17) is 8.83 Å². The highest BCUT2D eigenvalue weighted by Crippen LogP contribution is 2.47. The van der Waals surface area contributed by atoms with Crippen LogP contribution < -0.4 is 4.57 Å². The molecular weight excluding hydrogens is 418 g/mol. The summed E-state index contributed by atoms with van der Waals surface area (Å²) in [5.74, 6) is 0. The zero-order valence-corrected chi connectivity index (χ0v) is 19.0. The molecule has 0 saturated heterocycles. The van der Waals surface area contributed by atoms with E-state index in [9.17, 15) is 0 Å². The Morgan fingerprint density at radius 1 is 0.500 bits per heavy atom. The number of nitrogens with zero attached hydrogens (tertiary/aromatic N) is 1. The molecule has 2 aliphatic heterocycles. The first-order valence-corrected chi connectivity index (χ1v) is 11.8. The van der Waals surface area contributed by atoms with Gasteiger partial charge in [-0.15, -0.1) is 0 Å². The lowest BCUT2D eigenvalue weighted by molar-refractivity contribution is -0.536. The van der Waals surface area contributed by atoms with E-state index in [1.807, 2.05) is 32.0 Å². The third-order valence-corrected chi connectivity index (χ3v) is 6.68. The predicted molar refractivity (Wildman–Crippen MR) is 139 cm³/mol. The molecule has 2 aliphatic rings. The van der Waals surface area contributed by atoms with E-state index in [1.54, 1.807) is 0 Å². The van der Waals surface area contributed by atoms with Crippen molar-refractivity contribution in [2.45, 2.75) is 13.8 Å². The van der Waals surface area contributed by atoms with Gasteiger partial charge in [0.05, 0.1) is 21.7 Å². The highest BCUT2D eigenvalue weighted by Gasteiger charge is 2.32. The van der Waals surface area contributed by atoms with E-state index >= 15 is 0 Å². The fourth-order valence-electron chi connectivity index (χ4n) is 5.42. The van der Waals surface area contributed by atoms with Crippen LogP contribution in [0.1, 0.15) is 13.8 Å². The van der Waals surface area contributed by atoms with Crippen LogP contribution in [0.5, 0.6) is 0 Å². The van der Waals surface area contributed by atoms with Gasteiger partial charge >= 0.3 is 0 Å². The first-order chi connectivity index (χ1) is 16.9. The summed E-state index contributed by atoms with van der Waals surface area (Å²) in [5, 5.41) is 4.69. The molecule has 3 nitrogen and oxygen atoms in total. The summed E-state index contributed by atoms with van der Waals surface area (Å²) in [7, 11) is 0. The van der Waals surface area contributed by atoms with Gasteiger partial charge in [0, 0.05) is 23.8 Å². The van der Waals surface area contributed by atoms with Crippen LogP contribution in [0, 0.1) is 0 Å². The minimum atomic E-state index is 0.848. The van der Waals surface area contributed by atoms with Crippen molar-refractivity contribution in [3.05, 3.63) is 97.1 Å². The van der Waals surface area contributed by atoms with Gasteiger partial charge in [0.2, 0.25) is 16.7 Å². The van der Waals surface area contributed by atoms with Crippen LogP contribution >= 0.6 is 0 Å². The van der Waals surface area contributed by atoms with Crippen molar-refractivity contribution in [3.8, 4) is 16.8 Å². The van der Waals surface area contributed by atoms with E-state index in [2.05, 4.69) is 83.4 Å². The molecule has 0 atom stereocenters. The summed E-state index contributed by atoms with van der Waals surface area (Å²) in [5.41, 5.74) is 9.12. The van der Waals surface area contributed by atoms with Gasteiger partial charge in [-0.2, -0.15) is 4.57 Å². The zero-order valence-electron chi connectivity index (χ0n) is 19.0. The molecule has 1 aromatic heterocycles. The maximum absolute atomic E-state index is 6.39. The Kier molecular flexibility index (Phi) is 3.97. The van der Waals surface area contributed by atoms with Gasteiger partial charge in [0.1, 0.15) is 22.3 Å². The molecule has 5 aromatic carbocycles. The molecule has 3 heterocycles. The number of rotatable bonds is 1. The minimum absolute atomic E-state index is 0.848. The van der Waals surface area contributed by atoms with E-state index in [0.717, 1.165) is 55.4 Å². The van der Waals surface area contributed by atoms with Crippen molar-refractivity contribution in [3.63, 3.8) is 0 Å². The highest BCUT2D eigenvalue weighted by atomic mass is 16.3. The van der Waals surface area contributed by atoms with E-state index in [0.29, 0.717) is 0 Å². The molecule has 0 saturated carbocycles. The fourth-order valence-corrected chi connectivity index (χ4v) is 5.42. The van der Waals surface area contributed by atoms with Gasteiger partial charge in [-0.05, 0) is 35.7 Å². The van der Waals surface area contributed by atoms with Crippen molar-refractivity contribution < 1.29 is 13.4 Å². The molecule has 0 radical (unpaired) electrons. The molecule has 0 N–H and O–H groups in total. The Bertz CT molecular complexity index is 1840. The molecule has 0 aliphatic carbocycles. The molecule has 0 bridgehead atoms. The van der Waals surface area contributed by atoms with Crippen molar-refractivity contribution >= 4 is 54.9 Å². The lowest BCUT2D eigenvalue weighted by Crippen LogP contribution is -2.33. The second-order valence-electron chi connectivity index (χ2n) is 8.34.